The van der Waals surface area contributed by atoms with Gasteiger partial charge in [0.1, 0.15) is 0 Å². The number of carbonyl (C=O) groups is 1. The van der Waals surface area contributed by atoms with Crippen LogP contribution in [0.1, 0.15) is 30.1 Å². The maximum atomic E-state index is 12.4. The number of halogens is 2. The standard InChI is InChI=1S/C17H23BrN2O3.ClH/c1-3-8-23-16-14(18)9-13(10-15(16)22-2)17(21)20-11-12-4-6-19-7-5-12;/h4,9-10,19H,3,5-8,11H2,1-2H3,(H,20,21);1H. The molecule has 1 aliphatic heterocycles. The second-order valence-corrected chi connectivity index (χ2v) is 6.19. The molecule has 1 heterocycles. The minimum absolute atomic E-state index is 0. The molecule has 0 atom stereocenters. The van der Waals surface area contributed by atoms with Crippen LogP contribution in [0.15, 0.2) is 28.3 Å². The molecule has 0 spiro atoms. The van der Waals surface area contributed by atoms with E-state index in [9.17, 15) is 4.79 Å². The summed E-state index contributed by atoms with van der Waals surface area (Å²) in [5.74, 6) is 1.07. The molecule has 0 unspecified atom stereocenters. The van der Waals surface area contributed by atoms with Gasteiger partial charge in [0.25, 0.3) is 5.91 Å². The van der Waals surface area contributed by atoms with Crippen molar-refractivity contribution < 1.29 is 14.3 Å². The Kier molecular flexibility index (Phi) is 9.18. The number of ether oxygens (including phenoxy) is 2. The van der Waals surface area contributed by atoms with Crippen molar-refractivity contribution in [1.82, 2.24) is 10.6 Å². The monoisotopic (exact) mass is 418 g/mol. The Morgan fingerprint density at radius 2 is 2.21 bits per heavy atom. The molecule has 0 radical (unpaired) electrons. The van der Waals surface area contributed by atoms with Gasteiger partial charge in [-0.2, -0.15) is 0 Å². The Balaban J connectivity index is 0.00000288. The van der Waals surface area contributed by atoms with Gasteiger partial charge >= 0.3 is 0 Å². The highest BCUT2D eigenvalue weighted by atomic mass is 79.9. The zero-order chi connectivity index (χ0) is 16.7. The molecule has 7 heteroatoms. The third-order valence-corrected chi connectivity index (χ3v) is 4.17. The Morgan fingerprint density at radius 1 is 1.42 bits per heavy atom. The number of benzene rings is 1. The maximum Gasteiger partial charge on any atom is 0.251 e. The number of hydrogen-bond acceptors (Lipinski definition) is 4. The summed E-state index contributed by atoms with van der Waals surface area (Å²) in [5, 5.41) is 6.21. The lowest BCUT2D eigenvalue weighted by atomic mass is 10.1. The molecular weight excluding hydrogens is 396 g/mol. The molecule has 1 aliphatic rings. The summed E-state index contributed by atoms with van der Waals surface area (Å²) in [6, 6.07) is 3.47. The second-order valence-electron chi connectivity index (χ2n) is 5.34. The van der Waals surface area contributed by atoms with Crippen LogP contribution < -0.4 is 20.1 Å². The van der Waals surface area contributed by atoms with Crippen LogP contribution >= 0.6 is 28.3 Å². The van der Waals surface area contributed by atoms with Crippen molar-refractivity contribution in [2.45, 2.75) is 19.8 Å². The first-order valence-corrected chi connectivity index (χ1v) is 8.62. The van der Waals surface area contributed by atoms with Crippen molar-refractivity contribution in [3.8, 4) is 11.5 Å². The quantitative estimate of drug-likeness (QED) is 0.666. The highest BCUT2D eigenvalue weighted by molar-refractivity contribution is 9.10. The minimum atomic E-state index is -0.120. The number of carbonyl (C=O) groups excluding carboxylic acids is 1. The zero-order valence-corrected chi connectivity index (χ0v) is 16.4. The van der Waals surface area contributed by atoms with Crippen molar-refractivity contribution >= 4 is 34.2 Å². The van der Waals surface area contributed by atoms with E-state index in [2.05, 4.69) is 32.6 Å². The van der Waals surface area contributed by atoms with Gasteiger partial charge in [-0.3, -0.25) is 4.79 Å². The third kappa shape index (κ3) is 5.69. The molecule has 0 aromatic heterocycles. The van der Waals surface area contributed by atoms with E-state index in [4.69, 9.17) is 9.47 Å². The normalized spacial score (nSPS) is 13.5. The fraction of sp³-hybridized carbons (Fsp3) is 0.471. The molecule has 1 amide bonds. The Labute approximate surface area is 157 Å². The van der Waals surface area contributed by atoms with Crippen molar-refractivity contribution in [3.05, 3.63) is 33.8 Å². The van der Waals surface area contributed by atoms with Gasteiger partial charge in [0, 0.05) is 18.7 Å². The number of amides is 1. The van der Waals surface area contributed by atoms with Gasteiger partial charge in [0.2, 0.25) is 0 Å². The molecule has 2 N–H and O–H groups in total. The number of nitrogens with one attached hydrogen (secondary N) is 2. The van der Waals surface area contributed by atoms with E-state index in [-0.39, 0.29) is 18.3 Å². The molecule has 0 fully saturated rings. The summed E-state index contributed by atoms with van der Waals surface area (Å²) >= 11 is 3.46. The fourth-order valence-electron chi connectivity index (χ4n) is 2.32. The molecular formula is C17H24BrClN2O3. The molecule has 2 rings (SSSR count). The second kappa shape index (κ2) is 10.6. The van der Waals surface area contributed by atoms with E-state index < -0.39 is 0 Å². The van der Waals surface area contributed by atoms with Gasteiger partial charge in [-0.1, -0.05) is 18.6 Å². The molecule has 1 aromatic carbocycles. The Bertz CT molecular complexity index is 593. The average molecular weight is 420 g/mol. The van der Waals surface area contributed by atoms with E-state index in [0.29, 0.717) is 30.2 Å². The van der Waals surface area contributed by atoms with Gasteiger partial charge in [-0.25, -0.2) is 0 Å². The molecule has 0 saturated carbocycles. The number of hydrogen-bond donors (Lipinski definition) is 2. The van der Waals surface area contributed by atoms with Crippen LogP contribution in [0.2, 0.25) is 0 Å². The SMILES string of the molecule is CCCOc1c(Br)cc(C(=O)NCC2=CCNCC2)cc1OC.Cl. The molecule has 5 nitrogen and oxygen atoms in total. The third-order valence-electron chi connectivity index (χ3n) is 3.58. The maximum absolute atomic E-state index is 12.4. The molecule has 24 heavy (non-hydrogen) atoms. The van der Waals surface area contributed by atoms with Crippen molar-refractivity contribution in [2.75, 3.05) is 33.4 Å². The highest BCUT2D eigenvalue weighted by Gasteiger charge is 2.16. The summed E-state index contributed by atoms with van der Waals surface area (Å²) in [5.41, 5.74) is 1.80. The Hall–Kier alpha value is -1.24. The van der Waals surface area contributed by atoms with Crippen LogP contribution in [-0.4, -0.2) is 39.3 Å². The van der Waals surface area contributed by atoms with Crippen molar-refractivity contribution in [3.63, 3.8) is 0 Å². The van der Waals surface area contributed by atoms with Crippen LogP contribution in [0.4, 0.5) is 0 Å². The smallest absolute Gasteiger partial charge is 0.251 e. The van der Waals surface area contributed by atoms with E-state index >= 15 is 0 Å². The van der Waals surface area contributed by atoms with E-state index in [0.717, 1.165) is 30.4 Å². The summed E-state index contributed by atoms with van der Waals surface area (Å²) < 4.78 is 11.8. The highest BCUT2D eigenvalue weighted by Crippen LogP contribution is 2.36. The summed E-state index contributed by atoms with van der Waals surface area (Å²) in [7, 11) is 1.57. The van der Waals surface area contributed by atoms with Gasteiger partial charge in [0.05, 0.1) is 18.2 Å². The number of rotatable bonds is 7. The minimum Gasteiger partial charge on any atom is -0.493 e. The van der Waals surface area contributed by atoms with Gasteiger partial charge in [-0.05, 0) is 47.4 Å². The van der Waals surface area contributed by atoms with Crippen LogP contribution in [0.25, 0.3) is 0 Å². The first kappa shape index (κ1) is 20.8. The lowest BCUT2D eigenvalue weighted by molar-refractivity contribution is 0.0956. The molecule has 1 aromatic rings. The summed E-state index contributed by atoms with van der Waals surface area (Å²) in [6.45, 7) is 5.05. The Morgan fingerprint density at radius 3 is 2.83 bits per heavy atom. The molecule has 0 bridgehead atoms. The molecule has 0 saturated heterocycles. The largest absolute Gasteiger partial charge is 0.493 e. The molecule has 134 valence electrons. The summed E-state index contributed by atoms with van der Waals surface area (Å²) in [6.07, 6.45) is 4.00. The van der Waals surface area contributed by atoms with Gasteiger partial charge in [0.15, 0.2) is 11.5 Å². The lowest BCUT2D eigenvalue weighted by Gasteiger charge is -2.16. The molecule has 0 aliphatic carbocycles. The van der Waals surface area contributed by atoms with E-state index in [1.54, 1.807) is 19.2 Å². The first-order chi connectivity index (χ1) is 11.2. The topological polar surface area (TPSA) is 59.6 Å². The van der Waals surface area contributed by atoms with Crippen molar-refractivity contribution in [1.29, 1.82) is 0 Å². The average Bonchev–Trinajstić information content (AvgIpc) is 2.58. The lowest BCUT2D eigenvalue weighted by Crippen LogP contribution is -2.29. The predicted molar refractivity (Wildman–Crippen MR) is 102 cm³/mol. The van der Waals surface area contributed by atoms with Crippen LogP contribution in [0.5, 0.6) is 11.5 Å². The fourth-order valence-corrected chi connectivity index (χ4v) is 2.88. The number of methoxy groups -OCH3 is 1. The van der Waals surface area contributed by atoms with Crippen molar-refractivity contribution in [2.24, 2.45) is 0 Å². The van der Waals surface area contributed by atoms with E-state index in [1.807, 2.05) is 6.92 Å². The van der Waals surface area contributed by atoms with Crippen LogP contribution in [0.3, 0.4) is 0 Å². The van der Waals surface area contributed by atoms with Gasteiger partial charge < -0.3 is 20.1 Å². The zero-order valence-electron chi connectivity index (χ0n) is 14.0. The van der Waals surface area contributed by atoms with Gasteiger partial charge in [-0.15, -0.1) is 12.4 Å². The predicted octanol–water partition coefficient (Wildman–Crippen LogP) is 3.32. The van der Waals surface area contributed by atoms with E-state index in [1.165, 1.54) is 5.57 Å². The van der Waals surface area contributed by atoms with Crippen LogP contribution in [0, 0.1) is 0 Å². The first-order valence-electron chi connectivity index (χ1n) is 7.82. The van der Waals surface area contributed by atoms with Crippen LogP contribution in [-0.2, 0) is 0 Å². The summed E-state index contributed by atoms with van der Waals surface area (Å²) in [4.78, 5) is 12.4.